The van der Waals surface area contributed by atoms with Crippen LogP contribution in [0.15, 0.2) is 64.1 Å². The molecule has 1 aliphatic rings. The van der Waals surface area contributed by atoms with Crippen molar-refractivity contribution in [2.75, 3.05) is 11.9 Å². The number of anilines is 1. The summed E-state index contributed by atoms with van der Waals surface area (Å²) in [6, 6.07) is 16.9. The smallest absolute Gasteiger partial charge is 0.291 e. The van der Waals surface area contributed by atoms with Gasteiger partial charge >= 0.3 is 0 Å². The van der Waals surface area contributed by atoms with Crippen LogP contribution in [0.4, 0.5) is 5.69 Å². The van der Waals surface area contributed by atoms with Crippen LogP contribution in [0.5, 0.6) is 5.75 Å². The van der Waals surface area contributed by atoms with E-state index in [1.807, 2.05) is 49.4 Å². The van der Waals surface area contributed by atoms with Gasteiger partial charge in [-0.25, -0.2) is 5.43 Å². The highest BCUT2D eigenvalue weighted by atomic mass is 16.5. The Kier molecular flexibility index (Phi) is 7.11. The van der Waals surface area contributed by atoms with E-state index < -0.39 is 0 Å². The van der Waals surface area contributed by atoms with Crippen molar-refractivity contribution in [3.8, 4) is 5.75 Å². The molecule has 0 spiro atoms. The molecular formula is C27H29N3O4. The zero-order valence-electron chi connectivity index (χ0n) is 19.7. The van der Waals surface area contributed by atoms with Crippen LogP contribution in [0, 0.1) is 6.92 Å². The predicted molar refractivity (Wildman–Crippen MR) is 131 cm³/mol. The molecule has 0 radical (unpaired) electrons. The van der Waals surface area contributed by atoms with Gasteiger partial charge in [0.2, 0.25) is 0 Å². The minimum absolute atomic E-state index is 0.138. The summed E-state index contributed by atoms with van der Waals surface area (Å²) >= 11 is 0. The summed E-state index contributed by atoms with van der Waals surface area (Å²) in [5.74, 6) is 1.37. The van der Waals surface area contributed by atoms with Gasteiger partial charge in [0, 0.05) is 23.2 Å². The van der Waals surface area contributed by atoms with Gasteiger partial charge in [-0.15, -0.1) is 0 Å². The van der Waals surface area contributed by atoms with E-state index in [2.05, 4.69) is 29.7 Å². The van der Waals surface area contributed by atoms with Crippen LogP contribution in [-0.4, -0.2) is 24.1 Å². The Morgan fingerprint density at radius 1 is 1.06 bits per heavy atom. The van der Waals surface area contributed by atoms with Crippen LogP contribution in [0.25, 0.3) is 0 Å². The fourth-order valence-corrected chi connectivity index (χ4v) is 3.96. The molecule has 7 nitrogen and oxygen atoms in total. The number of furan rings is 1. The number of ether oxygens (including phenoxy) is 1. The molecule has 4 rings (SSSR count). The Morgan fingerprint density at radius 2 is 1.79 bits per heavy atom. The molecular weight excluding hydrogens is 430 g/mol. The zero-order valence-corrected chi connectivity index (χ0v) is 19.7. The molecule has 0 saturated carbocycles. The van der Waals surface area contributed by atoms with Crippen molar-refractivity contribution in [3.05, 3.63) is 82.8 Å². The fraction of sp³-hybridized carbons (Fsp3) is 0.296. The second-order valence-electron chi connectivity index (χ2n) is 8.63. The summed E-state index contributed by atoms with van der Waals surface area (Å²) in [6.07, 6.45) is 2.23. The molecule has 1 aromatic heterocycles. The number of hydrogen-bond donors (Lipinski definition) is 2. The Hall–Kier alpha value is -3.87. The topological polar surface area (TPSA) is 92.9 Å². The first-order valence-corrected chi connectivity index (χ1v) is 11.5. The number of rotatable bonds is 7. The number of amides is 2. The molecule has 0 saturated heterocycles. The number of nitrogens with zero attached hydrogens (tertiary/aromatic N) is 1. The van der Waals surface area contributed by atoms with Crippen molar-refractivity contribution in [2.24, 2.45) is 5.10 Å². The van der Waals surface area contributed by atoms with Crippen molar-refractivity contribution in [1.82, 2.24) is 5.43 Å². The standard InChI is InChI=1S/C27H29N3O4/c1-17(2)19-12-14-20(15-13-19)28-27(32)26-18(3)25-22(10-7-11-23(25)34-26)29-30-24(31)16-33-21-8-5-4-6-9-21/h4-6,8-9,12-15,17H,7,10-11,16H2,1-3H3,(H,28,32)(H,30,31)/b29-22+. The van der Waals surface area contributed by atoms with Crippen molar-refractivity contribution in [2.45, 2.75) is 46.0 Å². The summed E-state index contributed by atoms with van der Waals surface area (Å²) < 4.78 is 11.4. The van der Waals surface area contributed by atoms with Crippen LogP contribution in [-0.2, 0) is 11.2 Å². The van der Waals surface area contributed by atoms with Crippen molar-refractivity contribution in [1.29, 1.82) is 0 Å². The Bertz CT molecular complexity index is 1190. The van der Waals surface area contributed by atoms with E-state index in [1.165, 1.54) is 5.56 Å². The molecule has 2 amide bonds. The first kappa shape index (κ1) is 23.3. The number of carbonyl (C=O) groups is 2. The Balaban J connectivity index is 1.44. The third-order valence-electron chi connectivity index (χ3n) is 5.80. The number of hydrazone groups is 1. The lowest BCUT2D eigenvalue weighted by Gasteiger charge is -2.13. The van der Waals surface area contributed by atoms with Crippen LogP contribution < -0.4 is 15.5 Å². The van der Waals surface area contributed by atoms with Crippen LogP contribution in [0.1, 0.15) is 65.6 Å². The second kappa shape index (κ2) is 10.4. The van der Waals surface area contributed by atoms with Gasteiger partial charge < -0.3 is 14.5 Å². The number of para-hydroxylation sites is 1. The van der Waals surface area contributed by atoms with Crippen molar-refractivity contribution < 1.29 is 18.7 Å². The summed E-state index contributed by atoms with van der Waals surface area (Å²) in [7, 11) is 0. The molecule has 0 fully saturated rings. The first-order valence-electron chi connectivity index (χ1n) is 11.5. The van der Waals surface area contributed by atoms with Gasteiger partial charge in [0.1, 0.15) is 11.5 Å². The number of nitrogens with one attached hydrogen (secondary N) is 2. The lowest BCUT2D eigenvalue weighted by Crippen LogP contribution is -2.27. The second-order valence-corrected chi connectivity index (χ2v) is 8.63. The van der Waals surface area contributed by atoms with E-state index in [-0.39, 0.29) is 24.2 Å². The van der Waals surface area contributed by atoms with E-state index in [1.54, 1.807) is 12.1 Å². The monoisotopic (exact) mass is 459 g/mol. The molecule has 7 heteroatoms. The highest BCUT2D eigenvalue weighted by molar-refractivity contribution is 6.09. The van der Waals surface area contributed by atoms with E-state index in [0.717, 1.165) is 29.7 Å². The molecule has 0 bridgehead atoms. The molecule has 34 heavy (non-hydrogen) atoms. The van der Waals surface area contributed by atoms with Crippen LogP contribution in [0.3, 0.4) is 0 Å². The molecule has 0 unspecified atom stereocenters. The van der Waals surface area contributed by atoms with Crippen LogP contribution in [0.2, 0.25) is 0 Å². The highest BCUT2D eigenvalue weighted by Crippen LogP contribution is 2.30. The van der Waals surface area contributed by atoms with Crippen LogP contribution >= 0.6 is 0 Å². The normalized spacial score (nSPS) is 14.1. The van der Waals surface area contributed by atoms with E-state index in [4.69, 9.17) is 9.15 Å². The van der Waals surface area contributed by atoms with Gasteiger partial charge in [-0.05, 0) is 55.5 Å². The van der Waals surface area contributed by atoms with Crippen molar-refractivity contribution >= 4 is 23.2 Å². The number of benzene rings is 2. The third kappa shape index (κ3) is 5.36. The molecule has 1 aliphatic carbocycles. The van der Waals surface area contributed by atoms with Gasteiger partial charge in [-0.1, -0.05) is 44.2 Å². The maximum Gasteiger partial charge on any atom is 0.291 e. The van der Waals surface area contributed by atoms with Crippen molar-refractivity contribution in [3.63, 3.8) is 0 Å². The summed E-state index contributed by atoms with van der Waals surface area (Å²) in [5, 5.41) is 7.24. The van der Waals surface area contributed by atoms with Gasteiger partial charge in [-0.3, -0.25) is 9.59 Å². The summed E-state index contributed by atoms with van der Waals surface area (Å²) in [4.78, 5) is 25.1. The molecule has 1 heterocycles. The molecule has 0 atom stereocenters. The minimum Gasteiger partial charge on any atom is -0.484 e. The Morgan fingerprint density at radius 3 is 2.50 bits per heavy atom. The average Bonchev–Trinajstić information content (AvgIpc) is 3.19. The van der Waals surface area contributed by atoms with Gasteiger partial charge in [0.15, 0.2) is 12.4 Å². The maximum absolute atomic E-state index is 12.9. The first-order chi connectivity index (χ1) is 16.4. The molecule has 3 aromatic rings. The zero-order chi connectivity index (χ0) is 24.1. The predicted octanol–water partition coefficient (Wildman–Crippen LogP) is 5.20. The fourth-order valence-electron chi connectivity index (χ4n) is 3.96. The maximum atomic E-state index is 12.9. The van der Waals surface area contributed by atoms with E-state index >= 15 is 0 Å². The number of aryl methyl sites for hydroxylation is 1. The number of carbonyl (C=O) groups excluding carboxylic acids is 2. The Labute approximate surface area is 199 Å². The van der Waals surface area contributed by atoms with Gasteiger partial charge in [-0.2, -0.15) is 5.10 Å². The summed E-state index contributed by atoms with van der Waals surface area (Å²) in [6.45, 7) is 5.96. The third-order valence-corrected chi connectivity index (χ3v) is 5.80. The number of hydrogen-bond acceptors (Lipinski definition) is 5. The lowest BCUT2D eigenvalue weighted by atomic mass is 9.93. The molecule has 2 aromatic carbocycles. The largest absolute Gasteiger partial charge is 0.484 e. The minimum atomic E-state index is -0.354. The van der Waals surface area contributed by atoms with Gasteiger partial charge in [0.25, 0.3) is 11.8 Å². The molecule has 176 valence electrons. The van der Waals surface area contributed by atoms with E-state index in [0.29, 0.717) is 29.5 Å². The van der Waals surface area contributed by atoms with E-state index in [9.17, 15) is 9.59 Å². The molecule has 2 N–H and O–H groups in total. The average molecular weight is 460 g/mol. The summed E-state index contributed by atoms with van der Waals surface area (Å²) in [5.41, 5.74) is 6.71. The quantitative estimate of drug-likeness (QED) is 0.475. The van der Waals surface area contributed by atoms with Gasteiger partial charge in [0.05, 0.1) is 5.71 Å². The lowest BCUT2D eigenvalue weighted by molar-refractivity contribution is -0.123. The number of fused-ring (bicyclic) bond motifs is 1. The SMILES string of the molecule is Cc1c(C(=O)Nc2ccc(C(C)C)cc2)oc2c1/C(=N/NC(=O)COc1ccccc1)CCC2. The highest BCUT2D eigenvalue weighted by Gasteiger charge is 2.28. The molecule has 0 aliphatic heterocycles.